The van der Waals surface area contributed by atoms with Gasteiger partial charge < -0.3 is 0 Å². The van der Waals surface area contributed by atoms with E-state index < -0.39 is 0 Å². The molecule has 0 amide bonds. The van der Waals surface area contributed by atoms with Crippen LogP contribution in [0, 0.1) is 48.5 Å². The second-order valence-electron chi connectivity index (χ2n) is 16.7. The zero-order valence-corrected chi connectivity index (χ0v) is 34.5. The Balaban J connectivity index is 1.55. The van der Waals surface area contributed by atoms with Gasteiger partial charge in [-0.05, 0) is 130 Å². The Kier molecular flexibility index (Phi) is 12.2. The van der Waals surface area contributed by atoms with E-state index in [9.17, 15) is 0 Å². The van der Waals surface area contributed by atoms with Gasteiger partial charge in [-0.25, -0.2) is 0 Å². The largest absolute Gasteiger partial charge is 0.0591 e. The molecule has 0 aromatic heterocycles. The maximum absolute atomic E-state index is 2.44. The third-order valence-electron chi connectivity index (χ3n) is 12.2. The van der Waals surface area contributed by atoms with Crippen LogP contribution in [0.3, 0.4) is 0 Å². The standard InChI is InChI=1S/C56H58/c1-38-8-22-45(23-9-38)36-52(47-26-12-40(3)13-27-47)54(49-30-16-42(5)17-31-49)56(51-34-20-44(7)21-35-51)55(50-32-18-43(6)19-33-50)53(48-28-14-41(4)15-29-48)37-46-24-10-39(2)11-25-46/h8-35,52-56H,36-37H2,1-7H3. The summed E-state index contributed by atoms with van der Waals surface area (Å²) >= 11 is 0. The van der Waals surface area contributed by atoms with Crippen molar-refractivity contribution in [2.24, 2.45) is 0 Å². The molecule has 0 fully saturated rings. The molecular weight excluding hydrogens is 673 g/mol. The minimum atomic E-state index is 0.134. The van der Waals surface area contributed by atoms with Crippen LogP contribution < -0.4 is 0 Å². The zero-order valence-electron chi connectivity index (χ0n) is 34.5. The lowest BCUT2D eigenvalue weighted by Gasteiger charge is -2.43. The lowest BCUT2D eigenvalue weighted by Crippen LogP contribution is -2.30. The average Bonchev–Trinajstić information content (AvgIpc) is 3.20. The van der Waals surface area contributed by atoms with Gasteiger partial charge in [-0.1, -0.05) is 209 Å². The van der Waals surface area contributed by atoms with E-state index in [4.69, 9.17) is 0 Å². The Hall–Kier alpha value is -5.46. The first-order chi connectivity index (χ1) is 27.1. The average molecular weight is 731 g/mol. The molecule has 56 heavy (non-hydrogen) atoms. The summed E-state index contributed by atoms with van der Waals surface area (Å²) in [5.41, 5.74) is 18.8. The summed E-state index contributed by atoms with van der Waals surface area (Å²) in [4.78, 5) is 0. The summed E-state index contributed by atoms with van der Waals surface area (Å²) in [6, 6.07) is 66.1. The predicted molar refractivity (Wildman–Crippen MR) is 239 cm³/mol. The lowest BCUT2D eigenvalue weighted by molar-refractivity contribution is 0.354. The van der Waals surface area contributed by atoms with Gasteiger partial charge in [0.05, 0.1) is 0 Å². The predicted octanol–water partition coefficient (Wildman–Crippen LogP) is 14.5. The van der Waals surface area contributed by atoms with Gasteiger partial charge in [-0.2, -0.15) is 0 Å². The fraction of sp³-hybridized carbons (Fsp3) is 0.250. The first-order valence-corrected chi connectivity index (χ1v) is 20.5. The maximum atomic E-state index is 2.44. The molecule has 0 saturated carbocycles. The lowest BCUT2D eigenvalue weighted by atomic mass is 9.60. The van der Waals surface area contributed by atoms with Crippen LogP contribution >= 0.6 is 0 Å². The van der Waals surface area contributed by atoms with E-state index in [2.05, 4.69) is 218 Å². The van der Waals surface area contributed by atoms with E-state index in [-0.39, 0.29) is 29.6 Å². The Labute approximate surface area is 337 Å². The molecule has 0 nitrogen and oxygen atoms in total. The molecule has 4 atom stereocenters. The molecule has 7 aromatic carbocycles. The van der Waals surface area contributed by atoms with Crippen molar-refractivity contribution in [1.29, 1.82) is 0 Å². The van der Waals surface area contributed by atoms with Gasteiger partial charge in [0.25, 0.3) is 0 Å². The van der Waals surface area contributed by atoms with Crippen LogP contribution in [0.4, 0.5) is 0 Å². The Morgan fingerprint density at radius 3 is 0.679 bits per heavy atom. The van der Waals surface area contributed by atoms with Crippen molar-refractivity contribution in [1.82, 2.24) is 0 Å². The molecular formula is C56H58. The Morgan fingerprint density at radius 2 is 0.429 bits per heavy atom. The van der Waals surface area contributed by atoms with E-state index in [0.717, 1.165) is 12.8 Å². The smallest absolute Gasteiger partial charge is 0.00123 e. The van der Waals surface area contributed by atoms with E-state index in [1.165, 1.54) is 77.9 Å². The summed E-state index contributed by atoms with van der Waals surface area (Å²) in [6.45, 7) is 15.4. The molecule has 0 N–H and O–H groups in total. The molecule has 0 heterocycles. The molecule has 0 bridgehead atoms. The highest BCUT2D eigenvalue weighted by molar-refractivity contribution is 5.45. The van der Waals surface area contributed by atoms with Crippen LogP contribution in [0.25, 0.3) is 0 Å². The van der Waals surface area contributed by atoms with E-state index in [0.29, 0.717) is 0 Å². The Morgan fingerprint density at radius 1 is 0.232 bits per heavy atom. The third-order valence-corrected chi connectivity index (χ3v) is 12.2. The SMILES string of the molecule is Cc1ccc(CC(c2ccc(C)cc2)C(c2ccc(C)cc2)C(c2ccc(C)cc2)C(c2ccc(C)cc2)C(Cc2ccc(C)cc2)c2ccc(C)cc2)cc1. The molecule has 0 aliphatic carbocycles. The summed E-state index contributed by atoms with van der Waals surface area (Å²) in [5.74, 6) is 0.852. The molecule has 0 saturated heterocycles. The van der Waals surface area contributed by atoms with Crippen molar-refractivity contribution in [3.8, 4) is 0 Å². The summed E-state index contributed by atoms with van der Waals surface area (Å²) in [5, 5.41) is 0. The van der Waals surface area contributed by atoms with Gasteiger partial charge in [-0.3, -0.25) is 0 Å². The van der Waals surface area contributed by atoms with Crippen LogP contribution in [-0.4, -0.2) is 0 Å². The van der Waals surface area contributed by atoms with Crippen molar-refractivity contribution in [3.05, 3.63) is 248 Å². The molecule has 7 aromatic rings. The minimum absolute atomic E-state index is 0.134. The Bertz CT molecular complexity index is 2130. The van der Waals surface area contributed by atoms with Crippen LogP contribution in [0.1, 0.15) is 107 Å². The highest BCUT2D eigenvalue weighted by Gasteiger charge is 2.42. The number of rotatable bonds is 13. The molecule has 0 aliphatic heterocycles. The van der Waals surface area contributed by atoms with Gasteiger partial charge in [-0.15, -0.1) is 0 Å². The fourth-order valence-corrected chi connectivity index (χ4v) is 8.87. The molecule has 4 unspecified atom stereocenters. The second-order valence-corrected chi connectivity index (χ2v) is 16.7. The van der Waals surface area contributed by atoms with Gasteiger partial charge in [0.1, 0.15) is 0 Å². The monoisotopic (exact) mass is 730 g/mol. The van der Waals surface area contributed by atoms with Gasteiger partial charge in [0.2, 0.25) is 0 Å². The van der Waals surface area contributed by atoms with Crippen molar-refractivity contribution < 1.29 is 0 Å². The first-order valence-electron chi connectivity index (χ1n) is 20.5. The molecule has 7 rings (SSSR count). The molecule has 0 spiro atoms. The second kappa shape index (κ2) is 17.6. The quantitative estimate of drug-likeness (QED) is 0.111. The molecule has 0 heteroatoms. The molecule has 0 radical (unpaired) electrons. The van der Waals surface area contributed by atoms with Crippen molar-refractivity contribution in [2.45, 2.75) is 90.9 Å². The van der Waals surface area contributed by atoms with Crippen LogP contribution in [0.5, 0.6) is 0 Å². The third kappa shape index (κ3) is 9.31. The van der Waals surface area contributed by atoms with Crippen molar-refractivity contribution in [3.63, 3.8) is 0 Å². The minimum Gasteiger partial charge on any atom is -0.0591 e. The van der Waals surface area contributed by atoms with Crippen molar-refractivity contribution >= 4 is 0 Å². The van der Waals surface area contributed by atoms with Gasteiger partial charge in [0, 0.05) is 0 Å². The topological polar surface area (TPSA) is 0 Å². The van der Waals surface area contributed by atoms with Crippen LogP contribution in [0.15, 0.2) is 170 Å². The maximum Gasteiger partial charge on any atom is -0.00123 e. The van der Waals surface area contributed by atoms with Gasteiger partial charge in [0.15, 0.2) is 0 Å². The fourth-order valence-electron chi connectivity index (χ4n) is 8.87. The molecule has 282 valence electrons. The zero-order chi connectivity index (χ0) is 39.2. The highest BCUT2D eigenvalue weighted by Crippen LogP contribution is 2.56. The number of aryl methyl sites for hydroxylation is 7. The van der Waals surface area contributed by atoms with Crippen LogP contribution in [-0.2, 0) is 12.8 Å². The first kappa shape index (κ1) is 38.8. The number of hydrogen-bond acceptors (Lipinski definition) is 0. The number of benzene rings is 7. The summed E-state index contributed by atoms with van der Waals surface area (Å²) in [6.07, 6.45) is 1.88. The van der Waals surface area contributed by atoms with Gasteiger partial charge >= 0.3 is 0 Å². The van der Waals surface area contributed by atoms with Crippen molar-refractivity contribution in [2.75, 3.05) is 0 Å². The highest BCUT2D eigenvalue weighted by atomic mass is 14.4. The molecule has 0 aliphatic rings. The normalized spacial score (nSPS) is 14.1. The van der Waals surface area contributed by atoms with E-state index >= 15 is 0 Å². The van der Waals surface area contributed by atoms with E-state index in [1.54, 1.807) is 0 Å². The van der Waals surface area contributed by atoms with E-state index in [1.807, 2.05) is 0 Å². The van der Waals surface area contributed by atoms with Crippen LogP contribution in [0.2, 0.25) is 0 Å². The number of hydrogen-bond donors (Lipinski definition) is 0. The summed E-state index contributed by atoms with van der Waals surface area (Å²) in [7, 11) is 0. The summed E-state index contributed by atoms with van der Waals surface area (Å²) < 4.78 is 0.